The molecule has 3 rings (SSSR count). The molecular weight excluding hydrogens is 446 g/mol. The van der Waals surface area contributed by atoms with E-state index >= 15 is 0 Å². The Hall–Kier alpha value is -3.30. The van der Waals surface area contributed by atoms with Gasteiger partial charge in [0.2, 0.25) is 0 Å². The lowest BCUT2D eigenvalue weighted by atomic mass is 10.1. The minimum atomic E-state index is -3.82. The van der Waals surface area contributed by atoms with Crippen LogP contribution in [0.5, 0.6) is 11.5 Å². The summed E-state index contributed by atoms with van der Waals surface area (Å²) in [6.07, 6.45) is 0. The van der Waals surface area contributed by atoms with Gasteiger partial charge in [0.25, 0.3) is 10.0 Å². The molecule has 0 spiro atoms. The van der Waals surface area contributed by atoms with Gasteiger partial charge < -0.3 is 20.1 Å². The van der Waals surface area contributed by atoms with Gasteiger partial charge in [0, 0.05) is 17.4 Å². The van der Waals surface area contributed by atoms with E-state index in [1.807, 2.05) is 32.0 Å². The third-order valence-electron chi connectivity index (χ3n) is 4.71. The standard InChI is InChI=1S/C23H25N3O4S2/c1-15-5-6-16(2)21(13-15)25-23(31)24-20-12-11-19(14-22(20)30-4)32(27,28)26-17-7-9-18(29-3)10-8-17/h5-14,26H,1-4H3,(H2,24,25,31). The molecule has 0 heterocycles. The van der Waals surface area contributed by atoms with Crippen molar-refractivity contribution in [3.63, 3.8) is 0 Å². The van der Waals surface area contributed by atoms with Crippen LogP contribution in [0.2, 0.25) is 0 Å². The number of benzene rings is 3. The van der Waals surface area contributed by atoms with Crippen molar-refractivity contribution in [3.05, 3.63) is 71.8 Å². The number of thiocarbonyl (C=S) groups is 1. The lowest BCUT2D eigenvalue weighted by molar-refractivity contribution is 0.415. The van der Waals surface area contributed by atoms with Crippen molar-refractivity contribution in [2.24, 2.45) is 0 Å². The zero-order valence-corrected chi connectivity index (χ0v) is 19.9. The van der Waals surface area contributed by atoms with Crippen molar-refractivity contribution in [1.82, 2.24) is 0 Å². The van der Waals surface area contributed by atoms with Crippen molar-refractivity contribution in [3.8, 4) is 11.5 Å². The number of hydrogen-bond acceptors (Lipinski definition) is 5. The van der Waals surface area contributed by atoms with Crippen molar-refractivity contribution >= 4 is 44.4 Å². The van der Waals surface area contributed by atoms with Crippen LogP contribution in [0.3, 0.4) is 0 Å². The molecule has 7 nitrogen and oxygen atoms in total. The van der Waals surface area contributed by atoms with E-state index in [0.29, 0.717) is 28.0 Å². The zero-order valence-electron chi connectivity index (χ0n) is 18.2. The van der Waals surface area contributed by atoms with Gasteiger partial charge in [-0.3, -0.25) is 4.72 Å². The first-order valence-corrected chi connectivity index (χ1v) is 11.6. The summed E-state index contributed by atoms with van der Waals surface area (Å²) in [6, 6.07) is 17.2. The minimum absolute atomic E-state index is 0.0594. The molecule has 0 bridgehead atoms. The second kappa shape index (κ2) is 9.88. The van der Waals surface area contributed by atoms with E-state index < -0.39 is 10.0 Å². The van der Waals surface area contributed by atoms with Crippen molar-refractivity contribution < 1.29 is 17.9 Å². The van der Waals surface area contributed by atoms with E-state index in [9.17, 15) is 8.42 Å². The van der Waals surface area contributed by atoms with Crippen LogP contribution in [-0.4, -0.2) is 27.7 Å². The third kappa shape index (κ3) is 5.68. The smallest absolute Gasteiger partial charge is 0.262 e. The highest BCUT2D eigenvalue weighted by Gasteiger charge is 2.17. The van der Waals surface area contributed by atoms with Gasteiger partial charge in [0.05, 0.1) is 24.8 Å². The molecule has 0 saturated heterocycles. The van der Waals surface area contributed by atoms with E-state index in [2.05, 4.69) is 15.4 Å². The number of ether oxygens (including phenoxy) is 2. The number of rotatable bonds is 7. The van der Waals surface area contributed by atoms with Gasteiger partial charge in [-0.05, 0) is 79.7 Å². The van der Waals surface area contributed by atoms with Crippen molar-refractivity contribution in [1.29, 1.82) is 0 Å². The molecule has 0 aliphatic heterocycles. The first-order valence-electron chi connectivity index (χ1n) is 9.72. The highest BCUT2D eigenvalue weighted by atomic mass is 32.2. The quantitative estimate of drug-likeness (QED) is 0.421. The maximum absolute atomic E-state index is 12.8. The third-order valence-corrected chi connectivity index (χ3v) is 6.30. The molecule has 0 fully saturated rings. The van der Waals surface area contributed by atoms with E-state index in [4.69, 9.17) is 21.7 Å². The monoisotopic (exact) mass is 471 g/mol. The average Bonchev–Trinajstić information content (AvgIpc) is 2.76. The Labute approximate surface area is 193 Å². The molecule has 168 valence electrons. The first kappa shape index (κ1) is 23.4. The summed E-state index contributed by atoms with van der Waals surface area (Å²) in [7, 11) is -0.804. The summed E-state index contributed by atoms with van der Waals surface area (Å²) in [5.74, 6) is 0.975. The number of methoxy groups -OCH3 is 2. The van der Waals surface area contributed by atoms with Crippen LogP contribution < -0.4 is 24.8 Å². The Morgan fingerprint density at radius 2 is 1.53 bits per heavy atom. The van der Waals surface area contributed by atoms with Crippen molar-refractivity contribution in [2.75, 3.05) is 29.6 Å². The summed E-state index contributed by atoms with van der Waals surface area (Å²) in [5.41, 5.74) is 4.02. The van der Waals surface area contributed by atoms with Gasteiger partial charge in [0.1, 0.15) is 11.5 Å². The fraction of sp³-hybridized carbons (Fsp3) is 0.174. The molecule has 0 amide bonds. The Kier molecular flexibility index (Phi) is 7.22. The van der Waals surface area contributed by atoms with Crippen LogP contribution in [0.4, 0.5) is 17.1 Å². The molecule has 9 heteroatoms. The number of nitrogens with one attached hydrogen (secondary N) is 3. The number of aryl methyl sites for hydroxylation is 2. The van der Waals surface area contributed by atoms with Crippen LogP contribution in [0.1, 0.15) is 11.1 Å². The van der Waals surface area contributed by atoms with Gasteiger partial charge in [-0.1, -0.05) is 12.1 Å². The van der Waals surface area contributed by atoms with Gasteiger partial charge in [0.15, 0.2) is 5.11 Å². The molecule has 0 aliphatic carbocycles. The van der Waals surface area contributed by atoms with Crippen LogP contribution in [0, 0.1) is 13.8 Å². The van der Waals surface area contributed by atoms with Crippen LogP contribution >= 0.6 is 12.2 Å². The summed E-state index contributed by atoms with van der Waals surface area (Å²) in [5, 5.41) is 6.59. The maximum Gasteiger partial charge on any atom is 0.262 e. The molecule has 3 aromatic rings. The SMILES string of the molecule is COc1ccc(NS(=O)(=O)c2ccc(NC(=S)Nc3cc(C)ccc3C)c(OC)c2)cc1. The number of anilines is 3. The summed E-state index contributed by atoms with van der Waals surface area (Å²) < 4.78 is 38.7. The largest absolute Gasteiger partial charge is 0.497 e. The Morgan fingerprint density at radius 1 is 0.844 bits per heavy atom. The fourth-order valence-electron chi connectivity index (χ4n) is 2.96. The van der Waals surface area contributed by atoms with E-state index in [1.54, 1.807) is 37.4 Å². The zero-order chi connectivity index (χ0) is 23.3. The lowest BCUT2D eigenvalue weighted by Crippen LogP contribution is -2.20. The van der Waals surface area contributed by atoms with E-state index in [0.717, 1.165) is 16.8 Å². The second-order valence-electron chi connectivity index (χ2n) is 7.09. The average molecular weight is 472 g/mol. The number of hydrogen-bond donors (Lipinski definition) is 3. The molecule has 0 saturated carbocycles. The molecule has 0 aliphatic rings. The van der Waals surface area contributed by atoms with E-state index in [-0.39, 0.29) is 4.90 Å². The summed E-state index contributed by atoms with van der Waals surface area (Å²) in [6.45, 7) is 3.99. The topological polar surface area (TPSA) is 88.7 Å². The minimum Gasteiger partial charge on any atom is -0.497 e. The molecule has 0 atom stereocenters. The van der Waals surface area contributed by atoms with Gasteiger partial charge in [-0.25, -0.2) is 8.42 Å². The Balaban J connectivity index is 1.77. The molecule has 0 radical (unpaired) electrons. The first-order chi connectivity index (χ1) is 15.2. The normalized spacial score (nSPS) is 10.9. The predicted octanol–water partition coefficient (Wildman–Crippen LogP) is 4.93. The molecular formula is C23H25N3O4S2. The van der Waals surface area contributed by atoms with Gasteiger partial charge in [-0.2, -0.15) is 0 Å². The Morgan fingerprint density at radius 3 is 2.19 bits per heavy atom. The fourth-order valence-corrected chi connectivity index (χ4v) is 4.26. The Bertz CT molecular complexity index is 1230. The molecule has 0 unspecified atom stereocenters. The van der Waals surface area contributed by atoms with Crippen LogP contribution in [-0.2, 0) is 10.0 Å². The lowest BCUT2D eigenvalue weighted by Gasteiger charge is -2.16. The highest BCUT2D eigenvalue weighted by molar-refractivity contribution is 7.92. The number of sulfonamides is 1. The van der Waals surface area contributed by atoms with Gasteiger partial charge >= 0.3 is 0 Å². The summed E-state index contributed by atoms with van der Waals surface area (Å²) >= 11 is 5.42. The molecule has 3 aromatic carbocycles. The summed E-state index contributed by atoms with van der Waals surface area (Å²) in [4.78, 5) is 0.0594. The molecule has 32 heavy (non-hydrogen) atoms. The molecule has 0 aromatic heterocycles. The van der Waals surface area contributed by atoms with Gasteiger partial charge in [-0.15, -0.1) is 0 Å². The predicted molar refractivity (Wildman–Crippen MR) is 133 cm³/mol. The maximum atomic E-state index is 12.8. The second-order valence-corrected chi connectivity index (χ2v) is 9.18. The molecule has 3 N–H and O–H groups in total. The highest BCUT2D eigenvalue weighted by Crippen LogP contribution is 2.29. The van der Waals surface area contributed by atoms with Crippen LogP contribution in [0.15, 0.2) is 65.6 Å². The van der Waals surface area contributed by atoms with Crippen molar-refractivity contribution in [2.45, 2.75) is 18.7 Å². The van der Waals surface area contributed by atoms with Crippen LogP contribution in [0.25, 0.3) is 0 Å². The van der Waals surface area contributed by atoms with E-state index in [1.165, 1.54) is 19.2 Å².